The van der Waals surface area contributed by atoms with Crippen molar-refractivity contribution >= 4 is 33.2 Å². The van der Waals surface area contributed by atoms with Gasteiger partial charge in [-0.25, -0.2) is 0 Å². The molecule has 10 heteroatoms. The van der Waals surface area contributed by atoms with E-state index < -0.39 is 11.7 Å². The van der Waals surface area contributed by atoms with Crippen molar-refractivity contribution in [2.24, 2.45) is 0 Å². The highest BCUT2D eigenvalue weighted by atomic mass is 19.4. The number of benzene rings is 3. The Morgan fingerprint density at radius 2 is 1.75 bits per heavy atom. The minimum atomic E-state index is -4.49. The molecule has 0 amide bonds. The van der Waals surface area contributed by atoms with Crippen LogP contribution in [-0.2, 0) is 17.5 Å². The second kappa shape index (κ2) is 10.6. The van der Waals surface area contributed by atoms with Gasteiger partial charge in [0.1, 0.15) is 0 Å². The molecule has 1 aliphatic rings. The summed E-state index contributed by atoms with van der Waals surface area (Å²) in [7, 11) is 0. The number of fused-ring (bicyclic) bond motifs is 2. The summed E-state index contributed by atoms with van der Waals surface area (Å²) in [5, 5.41) is 17.5. The maximum absolute atomic E-state index is 13.7. The summed E-state index contributed by atoms with van der Waals surface area (Å²) < 4.78 is 52.3. The lowest BCUT2D eigenvalue weighted by Crippen LogP contribution is -2.35. The number of halogens is 3. The molecule has 0 unspecified atom stereocenters. The number of nitrogens with zero attached hydrogens (tertiary/aromatic N) is 4. The molecule has 1 aliphatic heterocycles. The second-order valence-electron chi connectivity index (χ2n) is 9.68. The average molecular weight is 544 g/mol. The van der Waals surface area contributed by atoms with Gasteiger partial charge in [0.2, 0.25) is 0 Å². The second-order valence-corrected chi connectivity index (χ2v) is 9.68. The number of alkyl halides is 3. The number of morpholine rings is 1. The van der Waals surface area contributed by atoms with Gasteiger partial charge in [-0.3, -0.25) is 4.90 Å². The largest absolute Gasteiger partial charge is 0.416 e. The first kappa shape index (κ1) is 25.8. The van der Waals surface area contributed by atoms with Gasteiger partial charge < -0.3 is 14.6 Å². The lowest BCUT2D eigenvalue weighted by Gasteiger charge is -2.27. The number of ether oxygens (including phenoxy) is 1. The third-order valence-corrected chi connectivity index (χ3v) is 6.82. The van der Waals surface area contributed by atoms with Crippen LogP contribution in [-0.4, -0.2) is 46.6 Å². The number of aromatic nitrogens is 3. The van der Waals surface area contributed by atoms with Crippen LogP contribution in [0.15, 0.2) is 65.4 Å². The molecule has 202 valence electrons. The van der Waals surface area contributed by atoms with E-state index in [1.54, 1.807) is 18.5 Å². The number of hydrogen-bond acceptors (Lipinski definition) is 7. The van der Waals surface area contributed by atoms with Crippen molar-refractivity contribution in [1.29, 1.82) is 0 Å². The molecule has 7 nitrogen and oxygen atoms in total. The summed E-state index contributed by atoms with van der Waals surface area (Å²) in [5.74, 6) is 6.67. The van der Waals surface area contributed by atoms with Crippen molar-refractivity contribution < 1.29 is 22.4 Å². The van der Waals surface area contributed by atoms with E-state index in [1.807, 2.05) is 37.3 Å². The first-order valence-electron chi connectivity index (χ1n) is 12.7. The van der Waals surface area contributed by atoms with E-state index >= 15 is 0 Å². The standard InChI is InChI=1S/C30H24F3N5O2/c1-19-2-6-27-28(26(19)7-4-20-3-5-22-16-34-35-17-23(22)12-20)40-37-29(27)36-25-14-21(13-24(15-25)30(31,32)33)18-38-8-10-39-11-9-38/h2-3,5-6,12-17H,8-11,18H2,1H3,(H,36,37). The zero-order chi connectivity index (χ0) is 27.7. The van der Waals surface area contributed by atoms with E-state index in [1.165, 1.54) is 6.07 Å². The first-order chi connectivity index (χ1) is 19.3. The highest BCUT2D eigenvalue weighted by Gasteiger charge is 2.31. The summed E-state index contributed by atoms with van der Waals surface area (Å²) in [4.78, 5) is 2.07. The van der Waals surface area contributed by atoms with E-state index in [0.717, 1.165) is 28.0 Å². The summed E-state index contributed by atoms with van der Waals surface area (Å²) in [5.41, 5.74) is 2.91. The fraction of sp³-hybridized carbons (Fsp3) is 0.233. The molecule has 0 aliphatic carbocycles. The Morgan fingerprint density at radius 3 is 2.55 bits per heavy atom. The van der Waals surface area contributed by atoms with E-state index in [2.05, 4.69) is 37.4 Å². The van der Waals surface area contributed by atoms with Crippen LogP contribution >= 0.6 is 0 Å². The average Bonchev–Trinajstić information content (AvgIpc) is 3.35. The highest BCUT2D eigenvalue weighted by Crippen LogP contribution is 2.35. The summed E-state index contributed by atoms with van der Waals surface area (Å²) in [6.45, 7) is 4.78. The smallest absolute Gasteiger partial charge is 0.379 e. The van der Waals surface area contributed by atoms with Crippen molar-refractivity contribution in [3.8, 4) is 11.8 Å². The van der Waals surface area contributed by atoms with Crippen molar-refractivity contribution in [2.75, 3.05) is 31.6 Å². The maximum atomic E-state index is 13.7. The van der Waals surface area contributed by atoms with Crippen molar-refractivity contribution in [2.45, 2.75) is 19.6 Å². The maximum Gasteiger partial charge on any atom is 0.416 e. The third kappa shape index (κ3) is 5.47. The summed E-state index contributed by atoms with van der Waals surface area (Å²) in [6, 6.07) is 13.5. The molecule has 3 aromatic carbocycles. The van der Waals surface area contributed by atoms with Crippen LogP contribution in [0.3, 0.4) is 0 Å². The normalized spacial score (nSPS) is 14.3. The van der Waals surface area contributed by atoms with E-state index in [-0.39, 0.29) is 5.69 Å². The van der Waals surface area contributed by atoms with Gasteiger partial charge in [0.25, 0.3) is 0 Å². The van der Waals surface area contributed by atoms with Crippen molar-refractivity contribution in [1.82, 2.24) is 20.3 Å². The Bertz CT molecular complexity index is 1760. The lowest BCUT2D eigenvalue weighted by molar-refractivity contribution is -0.137. The predicted molar refractivity (Wildman–Crippen MR) is 145 cm³/mol. The topological polar surface area (TPSA) is 76.3 Å². The Hall–Kier alpha value is -4.46. The highest BCUT2D eigenvalue weighted by molar-refractivity contribution is 5.94. The van der Waals surface area contributed by atoms with Crippen LogP contribution in [0.25, 0.3) is 21.7 Å². The molecule has 40 heavy (non-hydrogen) atoms. The van der Waals surface area contributed by atoms with Crippen LogP contribution in [0.2, 0.25) is 0 Å². The van der Waals surface area contributed by atoms with Gasteiger partial charge in [-0.1, -0.05) is 29.1 Å². The quantitative estimate of drug-likeness (QED) is 0.276. The van der Waals surface area contributed by atoms with Gasteiger partial charge >= 0.3 is 6.18 Å². The van der Waals surface area contributed by atoms with Crippen LogP contribution in [0.1, 0.15) is 27.8 Å². The molecule has 5 aromatic rings. The SMILES string of the molecule is Cc1ccc2c(Nc3cc(CN4CCOCC4)cc(C(F)(F)F)c3)noc2c1C#Cc1ccc2cnncc2c1. The van der Waals surface area contributed by atoms with Crippen LogP contribution < -0.4 is 5.32 Å². The number of anilines is 2. The summed E-state index contributed by atoms with van der Waals surface area (Å²) >= 11 is 0. The molecular formula is C30H24F3N5O2. The van der Waals surface area contributed by atoms with E-state index in [0.29, 0.717) is 60.8 Å². The molecule has 0 bridgehead atoms. The Kier molecular flexibility index (Phi) is 6.84. The molecule has 3 heterocycles. The molecule has 0 spiro atoms. The van der Waals surface area contributed by atoms with E-state index in [4.69, 9.17) is 9.26 Å². The minimum absolute atomic E-state index is 0.278. The Labute approximate surface area is 227 Å². The molecule has 0 atom stereocenters. The number of nitrogens with one attached hydrogen (secondary N) is 1. The number of hydrogen-bond donors (Lipinski definition) is 1. The minimum Gasteiger partial charge on any atom is -0.379 e. The Balaban J connectivity index is 1.32. The van der Waals surface area contributed by atoms with Crippen LogP contribution in [0.5, 0.6) is 0 Å². The molecular weight excluding hydrogens is 519 g/mol. The third-order valence-electron chi connectivity index (χ3n) is 6.82. The molecule has 1 saturated heterocycles. The first-order valence-corrected chi connectivity index (χ1v) is 12.7. The van der Waals surface area contributed by atoms with Gasteiger partial charge in [0.15, 0.2) is 11.4 Å². The van der Waals surface area contributed by atoms with Gasteiger partial charge in [-0.2, -0.15) is 23.4 Å². The van der Waals surface area contributed by atoms with Crippen LogP contribution in [0, 0.1) is 18.8 Å². The Morgan fingerprint density at radius 1 is 0.950 bits per heavy atom. The van der Waals surface area contributed by atoms with Gasteiger partial charge in [0, 0.05) is 41.7 Å². The van der Waals surface area contributed by atoms with E-state index in [9.17, 15) is 13.2 Å². The predicted octanol–water partition coefficient (Wildman–Crippen LogP) is 6.07. The fourth-order valence-corrected chi connectivity index (χ4v) is 4.73. The molecule has 6 rings (SSSR count). The van der Waals surface area contributed by atoms with Gasteiger partial charge in [-0.15, -0.1) is 0 Å². The van der Waals surface area contributed by atoms with Crippen LogP contribution in [0.4, 0.5) is 24.7 Å². The number of aryl methyl sites for hydroxylation is 1. The zero-order valence-electron chi connectivity index (χ0n) is 21.5. The number of rotatable bonds is 4. The molecule has 1 N–H and O–H groups in total. The van der Waals surface area contributed by atoms with Crippen molar-refractivity contribution in [3.05, 3.63) is 88.7 Å². The molecule has 2 aromatic heterocycles. The zero-order valence-corrected chi connectivity index (χ0v) is 21.5. The van der Waals surface area contributed by atoms with Gasteiger partial charge in [-0.05, 0) is 54.4 Å². The van der Waals surface area contributed by atoms with Crippen molar-refractivity contribution in [3.63, 3.8) is 0 Å². The molecule has 0 saturated carbocycles. The fourth-order valence-electron chi connectivity index (χ4n) is 4.73. The van der Waals surface area contributed by atoms with Gasteiger partial charge in [0.05, 0.1) is 42.1 Å². The lowest BCUT2D eigenvalue weighted by atomic mass is 10.0. The molecule has 0 radical (unpaired) electrons. The monoisotopic (exact) mass is 543 g/mol. The summed E-state index contributed by atoms with van der Waals surface area (Å²) in [6.07, 6.45) is -1.12. The molecule has 1 fully saturated rings.